The summed E-state index contributed by atoms with van der Waals surface area (Å²) in [6.45, 7) is 2.99. The van der Waals surface area contributed by atoms with Gasteiger partial charge in [0.15, 0.2) is 0 Å². The van der Waals surface area contributed by atoms with Gasteiger partial charge in [0.25, 0.3) is 5.91 Å². The minimum atomic E-state index is -3.79. The van der Waals surface area contributed by atoms with Gasteiger partial charge in [-0.05, 0) is 48.4 Å². The first-order chi connectivity index (χ1) is 13.8. The van der Waals surface area contributed by atoms with Crippen molar-refractivity contribution in [2.45, 2.75) is 36.7 Å². The first-order valence-corrected chi connectivity index (χ1v) is 12.5. The van der Waals surface area contributed by atoms with Gasteiger partial charge < -0.3 is 5.32 Å². The molecule has 10 heteroatoms. The van der Waals surface area contributed by atoms with Gasteiger partial charge in [-0.3, -0.25) is 9.69 Å². The van der Waals surface area contributed by atoms with E-state index in [1.807, 2.05) is 0 Å². The molecular weight excluding hydrogens is 453 g/mol. The van der Waals surface area contributed by atoms with Crippen LogP contribution in [0.15, 0.2) is 28.5 Å². The maximum absolute atomic E-state index is 12.6. The predicted molar refractivity (Wildman–Crippen MR) is 115 cm³/mol. The van der Waals surface area contributed by atoms with Gasteiger partial charge in [-0.25, -0.2) is 13.1 Å². The lowest BCUT2D eigenvalue weighted by molar-refractivity contribution is 0.0947. The molecule has 2 N–H and O–H groups in total. The smallest absolute Gasteiger partial charge is 0.252 e. The fraction of sp³-hybridized carbons (Fsp3) is 0.421. The Morgan fingerprint density at radius 1 is 1.24 bits per heavy atom. The van der Waals surface area contributed by atoms with Crippen LogP contribution in [0.5, 0.6) is 0 Å². The molecule has 0 bridgehead atoms. The Bertz CT molecular complexity index is 1040. The molecule has 2 aliphatic rings. The summed E-state index contributed by atoms with van der Waals surface area (Å²) in [5.41, 5.74) is 1.46. The fourth-order valence-electron chi connectivity index (χ4n) is 3.31. The van der Waals surface area contributed by atoms with Crippen LogP contribution in [-0.2, 0) is 23.0 Å². The zero-order valence-electron chi connectivity index (χ0n) is 15.6. The molecule has 1 saturated carbocycles. The van der Waals surface area contributed by atoms with Gasteiger partial charge in [0.2, 0.25) is 10.0 Å². The van der Waals surface area contributed by atoms with Crippen molar-refractivity contribution in [1.82, 2.24) is 14.9 Å². The molecule has 1 fully saturated rings. The minimum Gasteiger partial charge on any atom is -0.351 e. The summed E-state index contributed by atoms with van der Waals surface area (Å²) in [6, 6.07) is 4.65. The average molecular weight is 474 g/mol. The van der Waals surface area contributed by atoms with E-state index < -0.39 is 15.9 Å². The first kappa shape index (κ1) is 21.1. The molecule has 4 rings (SSSR count). The van der Waals surface area contributed by atoms with E-state index in [1.165, 1.54) is 22.6 Å². The summed E-state index contributed by atoms with van der Waals surface area (Å²) in [5, 5.41) is 5.07. The third-order valence-electron chi connectivity index (χ3n) is 5.06. The maximum atomic E-state index is 12.6. The van der Waals surface area contributed by atoms with Gasteiger partial charge in [-0.15, -0.1) is 11.3 Å². The number of halogens is 2. The van der Waals surface area contributed by atoms with Crippen LogP contribution in [-0.4, -0.2) is 44.9 Å². The van der Waals surface area contributed by atoms with Crippen LogP contribution in [0.25, 0.3) is 0 Å². The van der Waals surface area contributed by atoms with Crippen LogP contribution < -0.4 is 10.0 Å². The van der Waals surface area contributed by atoms with E-state index in [2.05, 4.69) is 26.4 Å². The van der Waals surface area contributed by atoms with E-state index >= 15 is 0 Å². The highest BCUT2D eigenvalue weighted by molar-refractivity contribution is 7.89. The SMILES string of the molecule is O=C(NCCN1CCc2sccc2C1)c1cc(S(=O)(=O)NC2CC2)c(Cl)cc1Cl. The zero-order valence-corrected chi connectivity index (χ0v) is 18.7. The molecule has 156 valence electrons. The minimum absolute atomic E-state index is 0.000385. The van der Waals surface area contributed by atoms with Crippen LogP contribution in [0.3, 0.4) is 0 Å². The lowest BCUT2D eigenvalue weighted by Gasteiger charge is -2.26. The van der Waals surface area contributed by atoms with Crippen LogP contribution in [0.4, 0.5) is 0 Å². The average Bonchev–Trinajstić information content (AvgIpc) is 3.33. The van der Waals surface area contributed by atoms with Gasteiger partial charge in [0.05, 0.1) is 15.6 Å². The molecule has 1 aromatic carbocycles. The number of hydrogen-bond donors (Lipinski definition) is 2. The molecule has 0 radical (unpaired) electrons. The van der Waals surface area contributed by atoms with Gasteiger partial charge >= 0.3 is 0 Å². The van der Waals surface area contributed by atoms with Gasteiger partial charge in [0.1, 0.15) is 4.90 Å². The van der Waals surface area contributed by atoms with E-state index in [0.717, 1.165) is 32.4 Å². The summed E-state index contributed by atoms with van der Waals surface area (Å²) >= 11 is 14.0. The number of hydrogen-bond acceptors (Lipinski definition) is 5. The first-order valence-electron chi connectivity index (χ1n) is 9.40. The van der Waals surface area contributed by atoms with Crippen molar-refractivity contribution in [3.8, 4) is 0 Å². The maximum Gasteiger partial charge on any atom is 0.252 e. The predicted octanol–water partition coefficient (Wildman–Crippen LogP) is 3.28. The van der Waals surface area contributed by atoms with Crippen molar-refractivity contribution in [2.75, 3.05) is 19.6 Å². The molecule has 0 atom stereocenters. The fourth-order valence-corrected chi connectivity index (χ4v) is 6.37. The number of nitrogens with zero attached hydrogens (tertiary/aromatic N) is 1. The quantitative estimate of drug-likeness (QED) is 0.646. The Kier molecular flexibility index (Phi) is 6.20. The highest BCUT2D eigenvalue weighted by Crippen LogP contribution is 2.30. The molecule has 0 saturated heterocycles. The highest BCUT2D eigenvalue weighted by atomic mass is 35.5. The van der Waals surface area contributed by atoms with Crippen molar-refractivity contribution >= 4 is 50.5 Å². The number of rotatable bonds is 7. The molecule has 29 heavy (non-hydrogen) atoms. The van der Waals surface area contributed by atoms with Crippen molar-refractivity contribution < 1.29 is 13.2 Å². The molecule has 2 heterocycles. The summed E-state index contributed by atoms with van der Waals surface area (Å²) in [6.07, 6.45) is 2.64. The molecule has 1 aliphatic carbocycles. The Morgan fingerprint density at radius 3 is 2.79 bits per heavy atom. The second-order valence-corrected chi connectivity index (χ2v) is 10.8. The normalized spacial score (nSPS) is 17.2. The third kappa shape index (κ3) is 4.95. The Balaban J connectivity index is 1.40. The van der Waals surface area contributed by atoms with Crippen LogP contribution >= 0.6 is 34.5 Å². The van der Waals surface area contributed by atoms with E-state index in [-0.39, 0.29) is 26.5 Å². The highest BCUT2D eigenvalue weighted by Gasteiger charge is 2.30. The number of amides is 1. The topological polar surface area (TPSA) is 78.5 Å². The molecule has 6 nitrogen and oxygen atoms in total. The summed E-state index contributed by atoms with van der Waals surface area (Å²) in [5.74, 6) is -0.414. The van der Waals surface area contributed by atoms with E-state index in [1.54, 1.807) is 11.3 Å². The van der Waals surface area contributed by atoms with Gasteiger partial charge in [-0.1, -0.05) is 23.2 Å². The molecule has 0 spiro atoms. The van der Waals surface area contributed by atoms with Crippen molar-refractivity contribution in [3.05, 3.63) is 49.6 Å². The van der Waals surface area contributed by atoms with Crippen molar-refractivity contribution in [2.24, 2.45) is 0 Å². The van der Waals surface area contributed by atoms with Crippen LogP contribution in [0, 0.1) is 0 Å². The monoisotopic (exact) mass is 473 g/mol. The Hall–Kier alpha value is -1.16. The standard InChI is InChI=1S/C19H21Cl2N3O3S2/c20-15-10-16(21)18(29(26,27)23-13-1-2-13)9-14(15)19(25)22-5-7-24-6-3-17-12(11-24)4-8-28-17/h4,8-10,13,23H,1-3,5-7,11H2,(H,22,25). The second-order valence-electron chi connectivity index (χ2n) is 7.31. The summed E-state index contributed by atoms with van der Waals surface area (Å²) in [7, 11) is -3.79. The molecule has 2 aromatic rings. The summed E-state index contributed by atoms with van der Waals surface area (Å²) < 4.78 is 27.6. The van der Waals surface area contributed by atoms with Crippen LogP contribution in [0.1, 0.15) is 33.6 Å². The lowest BCUT2D eigenvalue weighted by Crippen LogP contribution is -2.37. The van der Waals surface area contributed by atoms with Gasteiger partial charge in [-0.2, -0.15) is 0 Å². The van der Waals surface area contributed by atoms with E-state index in [4.69, 9.17) is 23.2 Å². The zero-order chi connectivity index (χ0) is 20.6. The molecule has 1 aliphatic heterocycles. The number of nitrogens with one attached hydrogen (secondary N) is 2. The second kappa shape index (κ2) is 8.53. The molecular formula is C19H21Cl2N3O3S2. The number of thiophene rings is 1. The molecule has 1 aromatic heterocycles. The molecule has 1 amide bonds. The lowest BCUT2D eigenvalue weighted by atomic mass is 10.1. The van der Waals surface area contributed by atoms with E-state index in [0.29, 0.717) is 13.1 Å². The third-order valence-corrected chi connectivity index (χ3v) is 8.38. The molecule has 0 unspecified atom stereocenters. The summed E-state index contributed by atoms with van der Waals surface area (Å²) in [4.78, 5) is 16.2. The number of carbonyl (C=O) groups excluding carboxylic acids is 1. The Labute approximate surface area is 184 Å². The Morgan fingerprint density at radius 2 is 2.03 bits per heavy atom. The number of fused-ring (bicyclic) bond motifs is 1. The van der Waals surface area contributed by atoms with Crippen molar-refractivity contribution in [3.63, 3.8) is 0 Å². The number of carbonyl (C=O) groups is 1. The number of sulfonamides is 1. The van der Waals surface area contributed by atoms with Crippen molar-refractivity contribution in [1.29, 1.82) is 0 Å². The van der Waals surface area contributed by atoms with E-state index in [9.17, 15) is 13.2 Å². The van der Waals surface area contributed by atoms with Crippen LogP contribution in [0.2, 0.25) is 10.0 Å². The number of benzene rings is 1. The largest absolute Gasteiger partial charge is 0.351 e. The van der Waals surface area contributed by atoms with Gasteiger partial charge in [0, 0.05) is 37.1 Å².